The summed E-state index contributed by atoms with van der Waals surface area (Å²) in [7, 11) is 0. The lowest BCUT2D eigenvalue weighted by molar-refractivity contribution is 0.0940. The van der Waals surface area contributed by atoms with E-state index < -0.39 is 6.03 Å². The number of hydrogen-bond acceptors (Lipinski definition) is 4. The molecule has 6 nitrogen and oxygen atoms in total. The predicted octanol–water partition coefficient (Wildman–Crippen LogP) is 3.21. The topological polar surface area (TPSA) is 73.5 Å². The summed E-state index contributed by atoms with van der Waals surface area (Å²) in [5.74, 6) is 0.223. The van der Waals surface area contributed by atoms with Gasteiger partial charge in [0.05, 0.1) is 8.66 Å². The van der Waals surface area contributed by atoms with E-state index in [9.17, 15) is 9.59 Å². The lowest BCUT2D eigenvalue weighted by atomic mass is 10.0. The number of rotatable bonds is 8. The quantitative estimate of drug-likeness (QED) is 0.567. The fraction of sp³-hybridized carbons (Fsp3) is 0.625. The van der Waals surface area contributed by atoms with Crippen molar-refractivity contribution < 1.29 is 9.59 Å². The molecule has 8 heteroatoms. The van der Waals surface area contributed by atoms with Crippen LogP contribution in [0.1, 0.15) is 43.8 Å². The minimum absolute atomic E-state index is 0.287. The van der Waals surface area contributed by atoms with Crippen LogP contribution in [0.15, 0.2) is 15.9 Å². The Balaban J connectivity index is 2.43. The van der Waals surface area contributed by atoms with Crippen molar-refractivity contribution in [2.24, 2.45) is 5.92 Å². The number of amides is 3. The molecule has 1 atom stereocenters. The number of thiophene rings is 1. The van der Waals surface area contributed by atoms with Crippen LogP contribution in [0.4, 0.5) is 4.79 Å². The van der Waals surface area contributed by atoms with E-state index in [0.29, 0.717) is 17.3 Å². The summed E-state index contributed by atoms with van der Waals surface area (Å²) in [6, 6.07) is 3.37. The zero-order valence-corrected chi connectivity index (χ0v) is 17.1. The molecule has 1 aromatic rings. The summed E-state index contributed by atoms with van der Waals surface area (Å²) in [4.78, 5) is 26.7. The maximum atomic E-state index is 11.9. The van der Waals surface area contributed by atoms with Crippen LogP contribution in [0, 0.1) is 5.92 Å². The Hall–Kier alpha value is -1.12. The largest absolute Gasteiger partial charge is 0.335 e. The Labute approximate surface area is 156 Å². The molecule has 0 spiro atoms. The van der Waals surface area contributed by atoms with Crippen LogP contribution in [0.3, 0.4) is 0 Å². The van der Waals surface area contributed by atoms with E-state index in [4.69, 9.17) is 0 Å². The maximum absolute atomic E-state index is 11.9. The first-order chi connectivity index (χ1) is 11.4. The third-order valence-corrected chi connectivity index (χ3v) is 5.28. The third kappa shape index (κ3) is 7.19. The fourth-order valence-corrected chi connectivity index (χ4v) is 3.79. The molecule has 24 heavy (non-hydrogen) atoms. The zero-order chi connectivity index (χ0) is 18.1. The zero-order valence-electron chi connectivity index (χ0n) is 14.7. The summed E-state index contributed by atoms with van der Waals surface area (Å²) in [5.41, 5.74) is 4.81. The second kappa shape index (κ2) is 10.7. The van der Waals surface area contributed by atoms with Crippen molar-refractivity contribution in [3.63, 3.8) is 0 Å². The van der Waals surface area contributed by atoms with Crippen LogP contribution in [0.5, 0.6) is 0 Å². The van der Waals surface area contributed by atoms with Gasteiger partial charge in [-0.25, -0.2) is 10.2 Å². The van der Waals surface area contributed by atoms with Crippen molar-refractivity contribution in [1.29, 1.82) is 0 Å². The van der Waals surface area contributed by atoms with Gasteiger partial charge < -0.3 is 5.32 Å². The molecular formula is C16H27BrN4O2S. The fourth-order valence-electron chi connectivity index (χ4n) is 2.51. The van der Waals surface area contributed by atoms with Gasteiger partial charge in [0.25, 0.3) is 5.91 Å². The second-order valence-corrected chi connectivity index (χ2v) is 8.36. The molecule has 1 heterocycles. The van der Waals surface area contributed by atoms with Gasteiger partial charge in [0.2, 0.25) is 0 Å². The highest BCUT2D eigenvalue weighted by Crippen LogP contribution is 2.21. The molecule has 0 saturated heterocycles. The number of halogens is 1. The Morgan fingerprint density at radius 2 is 1.88 bits per heavy atom. The first-order valence-electron chi connectivity index (χ1n) is 8.20. The van der Waals surface area contributed by atoms with E-state index in [1.807, 2.05) is 0 Å². The number of hydrazine groups is 1. The van der Waals surface area contributed by atoms with Crippen LogP contribution >= 0.6 is 27.3 Å². The van der Waals surface area contributed by atoms with Gasteiger partial charge in [0, 0.05) is 12.6 Å². The van der Waals surface area contributed by atoms with Gasteiger partial charge in [-0.3, -0.25) is 15.1 Å². The monoisotopic (exact) mass is 418 g/mol. The van der Waals surface area contributed by atoms with Gasteiger partial charge in [0.15, 0.2) is 0 Å². The molecule has 3 amide bonds. The Morgan fingerprint density at radius 3 is 2.38 bits per heavy atom. The molecule has 0 aliphatic carbocycles. The molecule has 0 aliphatic heterocycles. The third-order valence-electron chi connectivity index (χ3n) is 3.66. The number of urea groups is 1. The molecule has 0 aliphatic rings. The summed E-state index contributed by atoms with van der Waals surface area (Å²) < 4.78 is 0.868. The Kier molecular flexibility index (Phi) is 9.31. The van der Waals surface area contributed by atoms with Crippen LogP contribution in [-0.4, -0.2) is 42.5 Å². The normalized spacial score (nSPS) is 12.3. The number of hydrogen-bond donors (Lipinski definition) is 3. The van der Waals surface area contributed by atoms with Crippen LogP contribution in [0.25, 0.3) is 0 Å². The molecular weight excluding hydrogens is 392 g/mol. The average molecular weight is 419 g/mol. The molecule has 0 aromatic carbocycles. The van der Waals surface area contributed by atoms with Gasteiger partial charge in [-0.15, -0.1) is 11.3 Å². The van der Waals surface area contributed by atoms with E-state index in [0.717, 1.165) is 23.3 Å². The van der Waals surface area contributed by atoms with Crippen molar-refractivity contribution in [2.45, 2.75) is 40.2 Å². The summed E-state index contributed by atoms with van der Waals surface area (Å²) in [6.07, 6.45) is 1.01. The number of carbonyl (C=O) groups excluding carboxylic acids is 2. The van der Waals surface area contributed by atoms with E-state index in [-0.39, 0.29) is 11.9 Å². The number of likely N-dealkylation sites (N-methyl/N-ethyl adjacent to an activating group) is 1. The van der Waals surface area contributed by atoms with Gasteiger partial charge >= 0.3 is 6.03 Å². The van der Waals surface area contributed by atoms with E-state index in [1.54, 1.807) is 12.1 Å². The van der Waals surface area contributed by atoms with Gasteiger partial charge in [-0.2, -0.15) is 0 Å². The van der Waals surface area contributed by atoms with Crippen molar-refractivity contribution >= 4 is 39.2 Å². The highest BCUT2D eigenvalue weighted by Gasteiger charge is 2.18. The SMILES string of the molecule is CCN(CC)C(CNC(=O)NNC(=O)c1ccc(Br)s1)CC(C)C. The van der Waals surface area contributed by atoms with Crippen LogP contribution in [-0.2, 0) is 0 Å². The first-order valence-corrected chi connectivity index (χ1v) is 9.81. The average Bonchev–Trinajstić information content (AvgIpc) is 2.97. The molecule has 0 bridgehead atoms. The molecule has 1 unspecified atom stereocenters. The highest BCUT2D eigenvalue weighted by atomic mass is 79.9. The standard InChI is InChI=1S/C16H27BrN4O2S/c1-5-21(6-2)12(9-11(3)4)10-18-16(23)20-19-15(22)13-7-8-14(17)24-13/h7-8,11-12H,5-6,9-10H2,1-4H3,(H,19,22)(H2,18,20,23). The van der Waals surface area contributed by atoms with Crippen molar-refractivity contribution in [3.8, 4) is 0 Å². The molecule has 0 radical (unpaired) electrons. The maximum Gasteiger partial charge on any atom is 0.333 e. The van der Waals surface area contributed by atoms with Crippen molar-refractivity contribution in [1.82, 2.24) is 21.1 Å². The molecule has 1 rings (SSSR count). The van der Waals surface area contributed by atoms with Crippen molar-refractivity contribution in [2.75, 3.05) is 19.6 Å². The molecule has 1 aromatic heterocycles. The van der Waals surface area contributed by atoms with E-state index in [1.165, 1.54) is 11.3 Å². The Bertz CT molecular complexity index is 532. The minimum Gasteiger partial charge on any atom is -0.335 e. The second-order valence-electron chi connectivity index (χ2n) is 5.90. The summed E-state index contributed by atoms with van der Waals surface area (Å²) in [5, 5.41) is 2.84. The first kappa shape index (κ1) is 20.9. The van der Waals surface area contributed by atoms with Gasteiger partial charge in [-0.1, -0.05) is 27.7 Å². The number of nitrogens with one attached hydrogen (secondary N) is 3. The molecule has 3 N–H and O–H groups in total. The van der Waals surface area contributed by atoms with E-state index in [2.05, 4.69) is 64.7 Å². The lowest BCUT2D eigenvalue weighted by Gasteiger charge is -2.31. The lowest BCUT2D eigenvalue weighted by Crippen LogP contribution is -2.51. The molecule has 136 valence electrons. The summed E-state index contributed by atoms with van der Waals surface area (Å²) in [6.45, 7) is 11.0. The molecule has 0 fully saturated rings. The minimum atomic E-state index is -0.403. The number of carbonyl (C=O) groups is 2. The van der Waals surface area contributed by atoms with Gasteiger partial charge in [0.1, 0.15) is 0 Å². The van der Waals surface area contributed by atoms with Gasteiger partial charge in [-0.05, 0) is 53.5 Å². The smallest absolute Gasteiger partial charge is 0.333 e. The predicted molar refractivity (Wildman–Crippen MR) is 102 cm³/mol. The van der Waals surface area contributed by atoms with Crippen LogP contribution < -0.4 is 16.2 Å². The van der Waals surface area contributed by atoms with Crippen molar-refractivity contribution in [3.05, 3.63) is 20.8 Å². The molecule has 0 saturated carbocycles. The van der Waals surface area contributed by atoms with E-state index >= 15 is 0 Å². The number of nitrogens with zero attached hydrogens (tertiary/aromatic N) is 1. The highest BCUT2D eigenvalue weighted by molar-refractivity contribution is 9.11. The summed E-state index contributed by atoms with van der Waals surface area (Å²) >= 11 is 4.61. The Morgan fingerprint density at radius 1 is 1.21 bits per heavy atom. The van der Waals surface area contributed by atoms with Crippen LogP contribution in [0.2, 0.25) is 0 Å².